The van der Waals surface area contributed by atoms with Crippen molar-refractivity contribution >= 4 is 5.69 Å². The van der Waals surface area contributed by atoms with E-state index in [1.807, 2.05) is 6.07 Å². The number of phenols is 2. The summed E-state index contributed by atoms with van der Waals surface area (Å²) in [6.45, 7) is 0.765. The lowest BCUT2D eigenvalue weighted by Gasteiger charge is -2.38. The fourth-order valence-electron chi connectivity index (χ4n) is 5.81. The second-order valence-corrected chi connectivity index (χ2v) is 9.11. The molecule has 1 aliphatic carbocycles. The zero-order chi connectivity index (χ0) is 24.4. The Kier molecular flexibility index (Phi) is 4.89. The lowest BCUT2D eigenvalue weighted by Crippen LogP contribution is -2.28. The second kappa shape index (κ2) is 7.88. The van der Waals surface area contributed by atoms with Gasteiger partial charge in [-0.3, -0.25) is 0 Å². The molecule has 0 aromatic heterocycles. The molecule has 0 spiro atoms. The number of nitrogens with one attached hydrogen (secondary N) is 1. The molecule has 8 heteroatoms. The molecule has 3 aromatic rings. The highest BCUT2D eigenvalue weighted by Gasteiger charge is 2.39. The lowest BCUT2D eigenvalue weighted by atomic mass is 9.74. The molecular weight excluding hydrogens is 450 g/mol. The molecule has 0 radical (unpaired) electrons. The minimum absolute atomic E-state index is 0.0847. The van der Waals surface area contributed by atoms with Gasteiger partial charge >= 0.3 is 0 Å². The van der Waals surface area contributed by atoms with Crippen molar-refractivity contribution in [1.29, 1.82) is 0 Å². The fraction of sp³-hybridized carbons (Fsp3) is 0.333. The molecule has 2 atom stereocenters. The monoisotopic (exact) mass is 477 g/mol. The zero-order valence-electron chi connectivity index (χ0n) is 19.8. The average molecular weight is 478 g/mol. The van der Waals surface area contributed by atoms with Gasteiger partial charge in [0.15, 0.2) is 11.5 Å². The number of anilines is 1. The molecule has 4 N–H and O–H groups in total. The molecule has 0 fully saturated rings. The van der Waals surface area contributed by atoms with Gasteiger partial charge in [0.1, 0.15) is 17.2 Å². The average Bonchev–Trinajstić information content (AvgIpc) is 2.88. The fourth-order valence-corrected chi connectivity index (χ4v) is 5.81. The van der Waals surface area contributed by atoms with E-state index in [4.69, 9.17) is 18.9 Å². The number of rotatable bonds is 4. The van der Waals surface area contributed by atoms with Crippen molar-refractivity contribution in [3.8, 4) is 45.6 Å². The lowest BCUT2D eigenvalue weighted by molar-refractivity contribution is 0.0878. The third-order valence-corrected chi connectivity index (χ3v) is 7.49. The summed E-state index contributed by atoms with van der Waals surface area (Å²) in [7, 11) is 4.57. The van der Waals surface area contributed by atoms with Crippen LogP contribution >= 0.6 is 0 Å². The van der Waals surface area contributed by atoms with Gasteiger partial charge in [0.2, 0.25) is 5.75 Å². The van der Waals surface area contributed by atoms with Crippen LogP contribution in [0.3, 0.4) is 0 Å². The molecule has 3 aliphatic rings. The van der Waals surface area contributed by atoms with E-state index in [1.54, 1.807) is 25.3 Å². The predicted octanol–water partition coefficient (Wildman–Crippen LogP) is 4.02. The third-order valence-electron chi connectivity index (χ3n) is 7.49. The van der Waals surface area contributed by atoms with Crippen molar-refractivity contribution in [2.45, 2.75) is 31.4 Å². The summed E-state index contributed by atoms with van der Waals surface area (Å²) in [5.41, 5.74) is 7.34. The number of phenolic OH excluding ortho intramolecular Hbond substituents is 2. The van der Waals surface area contributed by atoms with Crippen LogP contribution in [-0.2, 0) is 19.4 Å². The Morgan fingerprint density at radius 3 is 2.23 bits per heavy atom. The number of benzene rings is 3. The third kappa shape index (κ3) is 3.02. The Labute approximate surface area is 202 Å². The quantitative estimate of drug-likeness (QED) is 0.446. The van der Waals surface area contributed by atoms with Gasteiger partial charge in [-0.1, -0.05) is 0 Å². The van der Waals surface area contributed by atoms with E-state index < -0.39 is 12.0 Å². The summed E-state index contributed by atoms with van der Waals surface area (Å²) >= 11 is 0. The van der Waals surface area contributed by atoms with E-state index in [-0.39, 0.29) is 29.6 Å². The molecule has 0 amide bonds. The summed E-state index contributed by atoms with van der Waals surface area (Å²) < 4.78 is 22.4. The Morgan fingerprint density at radius 2 is 1.54 bits per heavy atom. The minimum Gasteiger partial charge on any atom is -0.507 e. The van der Waals surface area contributed by atoms with Gasteiger partial charge in [-0.25, -0.2) is 0 Å². The van der Waals surface area contributed by atoms with Gasteiger partial charge in [-0.2, -0.15) is 0 Å². The van der Waals surface area contributed by atoms with E-state index >= 15 is 0 Å². The minimum atomic E-state index is -0.843. The van der Waals surface area contributed by atoms with Crippen LogP contribution < -0.4 is 24.3 Å². The first kappa shape index (κ1) is 21.7. The normalized spacial score (nSPS) is 19.1. The number of ether oxygens (including phenoxy) is 4. The number of methoxy groups -OCH3 is 3. The van der Waals surface area contributed by atoms with Gasteiger partial charge in [-0.15, -0.1) is 0 Å². The van der Waals surface area contributed by atoms with Gasteiger partial charge in [0.25, 0.3) is 0 Å². The molecule has 35 heavy (non-hydrogen) atoms. The highest BCUT2D eigenvalue weighted by molar-refractivity contribution is 5.93. The van der Waals surface area contributed by atoms with Crippen LogP contribution in [0.15, 0.2) is 24.3 Å². The highest BCUT2D eigenvalue weighted by atomic mass is 16.5. The highest BCUT2D eigenvalue weighted by Crippen LogP contribution is 2.55. The van der Waals surface area contributed by atoms with Crippen LogP contribution in [0, 0.1) is 0 Å². The Balaban J connectivity index is 1.52. The molecule has 8 nitrogen and oxygen atoms in total. The number of hydrogen-bond acceptors (Lipinski definition) is 8. The summed E-state index contributed by atoms with van der Waals surface area (Å²) in [6, 6.07) is 7.05. The van der Waals surface area contributed by atoms with Crippen molar-refractivity contribution in [3.63, 3.8) is 0 Å². The zero-order valence-corrected chi connectivity index (χ0v) is 19.8. The van der Waals surface area contributed by atoms with Crippen molar-refractivity contribution in [3.05, 3.63) is 52.1 Å². The van der Waals surface area contributed by atoms with Crippen LogP contribution in [0.1, 0.15) is 39.8 Å². The molecule has 182 valence electrons. The van der Waals surface area contributed by atoms with Crippen LogP contribution in [0.5, 0.6) is 34.5 Å². The maximum Gasteiger partial charge on any atom is 0.200 e. The molecule has 6 rings (SSSR count). The topological polar surface area (TPSA) is 110 Å². The molecular formula is C27H27NO7. The maximum absolute atomic E-state index is 11.7. The standard InChI is InChI=1S/C27H27NO7/c1-32-19-9-18(29)15-10-28-17-8-20-25(14-5-4-13(19)23(15)24(14)17)26(30)16(11-35-20)12-6-21(33-2)27(31)22(7-12)34-3/h6-9,16,26,28-31H,4-5,10-11H2,1-3H3. The molecule has 2 heterocycles. The van der Waals surface area contributed by atoms with E-state index in [9.17, 15) is 15.3 Å². The summed E-state index contributed by atoms with van der Waals surface area (Å²) in [6.07, 6.45) is 0.590. The molecule has 3 aromatic carbocycles. The van der Waals surface area contributed by atoms with Gasteiger partial charge in [0.05, 0.1) is 34.0 Å². The summed E-state index contributed by atoms with van der Waals surface area (Å²) in [5, 5.41) is 36.1. The maximum atomic E-state index is 11.7. The van der Waals surface area contributed by atoms with Crippen molar-refractivity contribution in [2.75, 3.05) is 33.3 Å². The van der Waals surface area contributed by atoms with Crippen molar-refractivity contribution in [2.24, 2.45) is 0 Å². The van der Waals surface area contributed by atoms with E-state index in [0.717, 1.165) is 51.1 Å². The van der Waals surface area contributed by atoms with Gasteiger partial charge in [-0.05, 0) is 41.7 Å². The number of hydrogen-bond donors (Lipinski definition) is 4. The first-order valence-corrected chi connectivity index (χ1v) is 11.6. The van der Waals surface area contributed by atoms with Crippen LogP contribution in [0.2, 0.25) is 0 Å². The van der Waals surface area contributed by atoms with Crippen LogP contribution in [0.25, 0.3) is 11.1 Å². The molecule has 0 saturated heterocycles. The van der Waals surface area contributed by atoms with Crippen molar-refractivity contribution in [1.82, 2.24) is 0 Å². The van der Waals surface area contributed by atoms with E-state index in [2.05, 4.69) is 5.32 Å². The SMILES string of the molecule is COc1cc(C2COc3cc4c5c(c3C2O)CCc2c(OC)cc(O)c(c2-5)CN4)cc(OC)c1O. The van der Waals surface area contributed by atoms with E-state index in [1.165, 1.54) is 14.2 Å². The number of aromatic hydroxyl groups is 2. The van der Waals surface area contributed by atoms with E-state index in [0.29, 0.717) is 24.5 Å². The number of aliphatic hydroxyl groups excluding tert-OH is 1. The Morgan fingerprint density at radius 1 is 0.857 bits per heavy atom. The smallest absolute Gasteiger partial charge is 0.200 e. The predicted molar refractivity (Wildman–Crippen MR) is 129 cm³/mol. The largest absolute Gasteiger partial charge is 0.507 e. The van der Waals surface area contributed by atoms with Gasteiger partial charge in [0, 0.05) is 52.5 Å². The first-order valence-electron chi connectivity index (χ1n) is 11.6. The molecule has 0 bridgehead atoms. The summed E-state index contributed by atoms with van der Waals surface area (Å²) in [5.74, 6) is 1.60. The number of fused-ring (bicyclic) bond motifs is 2. The second-order valence-electron chi connectivity index (χ2n) is 9.11. The summed E-state index contributed by atoms with van der Waals surface area (Å²) in [4.78, 5) is 0. The van der Waals surface area contributed by atoms with Crippen molar-refractivity contribution < 1.29 is 34.3 Å². The van der Waals surface area contributed by atoms with Gasteiger partial charge < -0.3 is 39.6 Å². The van der Waals surface area contributed by atoms with Crippen LogP contribution in [-0.4, -0.2) is 43.3 Å². The Bertz CT molecular complexity index is 1340. The number of aliphatic hydroxyl groups is 1. The Hall–Kier alpha value is -3.78. The van der Waals surface area contributed by atoms with Crippen LogP contribution in [0.4, 0.5) is 5.69 Å². The molecule has 0 saturated carbocycles. The first-order chi connectivity index (χ1) is 17.0. The molecule has 2 aliphatic heterocycles. The molecule has 2 unspecified atom stereocenters.